The second kappa shape index (κ2) is 9.51. The van der Waals surface area contributed by atoms with Crippen molar-refractivity contribution in [3.63, 3.8) is 0 Å². The molecule has 2 aromatic heterocycles. The summed E-state index contributed by atoms with van der Waals surface area (Å²) in [6.45, 7) is 1.93. The number of carboxylic acid groups (broad SMARTS) is 1. The van der Waals surface area contributed by atoms with Crippen LogP contribution in [0.25, 0.3) is 21.8 Å². The van der Waals surface area contributed by atoms with Crippen molar-refractivity contribution in [1.82, 2.24) is 9.97 Å². The number of ether oxygens (including phenoxy) is 1. The highest BCUT2D eigenvalue weighted by Gasteiger charge is 2.38. The number of carboxylic acids is 1. The van der Waals surface area contributed by atoms with Crippen LogP contribution in [0.15, 0.2) is 65.8 Å². The maximum Gasteiger partial charge on any atom is 0.490 e. The van der Waals surface area contributed by atoms with Crippen molar-refractivity contribution < 1.29 is 36.2 Å². The number of hydrogen-bond donors (Lipinski definition) is 2. The van der Waals surface area contributed by atoms with Gasteiger partial charge in [-0.05, 0) is 42.8 Å². The van der Waals surface area contributed by atoms with Crippen LogP contribution in [0.4, 0.5) is 18.9 Å². The first kappa shape index (κ1) is 24.7. The van der Waals surface area contributed by atoms with E-state index in [-0.39, 0.29) is 4.90 Å². The molecule has 2 heterocycles. The van der Waals surface area contributed by atoms with Gasteiger partial charge >= 0.3 is 12.1 Å². The molecule has 0 spiro atoms. The average Bonchev–Trinajstić information content (AvgIpc) is 2.78. The summed E-state index contributed by atoms with van der Waals surface area (Å²) in [5.41, 5.74) is 2.31. The van der Waals surface area contributed by atoms with Gasteiger partial charge in [0.25, 0.3) is 10.0 Å². The third-order valence-electron chi connectivity index (χ3n) is 4.68. The molecule has 34 heavy (non-hydrogen) atoms. The minimum absolute atomic E-state index is 0.128. The molecule has 0 atom stereocenters. The molecule has 0 aliphatic rings. The number of nitrogens with zero attached hydrogens (tertiary/aromatic N) is 2. The van der Waals surface area contributed by atoms with Crippen molar-refractivity contribution in [2.75, 3.05) is 11.8 Å². The molecule has 0 aliphatic heterocycles. The third kappa shape index (κ3) is 5.17. The van der Waals surface area contributed by atoms with Gasteiger partial charge in [-0.15, -0.1) is 0 Å². The van der Waals surface area contributed by atoms with E-state index in [2.05, 4.69) is 14.7 Å². The number of alkyl halides is 3. The number of sulfonamides is 1. The number of pyridine rings is 2. The van der Waals surface area contributed by atoms with Crippen LogP contribution in [0, 0.1) is 6.92 Å². The number of carbonyl (C=O) groups is 1. The molecule has 12 heteroatoms. The lowest BCUT2D eigenvalue weighted by Crippen LogP contribution is -2.21. The number of aromatic nitrogens is 2. The lowest BCUT2D eigenvalue weighted by molar-refractivity contribution is -0.192. The van der Waals surface area contributed by atoms with E-state index >= 15 is 0 Å². The quantitative estimate of drug-likeness (QED) is 0.429. The molecule has 0 fully saturated rings. The first-order valence-corrected chi connectivity index (χ1v) is 11.0. The lowest BCUT2D eigenvalue weighted by Gasteiger charge is -2.13. The SMILES string of the molecule is COc1ccnc2c(NS(=O)(=O)c3cccc4c(C)ccnc34)cccc12.O=C(O)C(F)(F)F. The zero-order valence-corrected chi connectivity index (χ0v) is 18.6. The molecular formula is C22H18F3N3O5S. The number of aliphatic carboxylic acids is 1. The van der Waals surface area contributed by atoms with Gasteiger partial charge in [0.15, 0.2) is 0 Å². The predicted octanol–water partition coefficient (Wildman–Crippen LogP) is 4.53. The minimum Gasteiger partial charge on any atom is -0.496 e. The molecule has 8 nitrogen and oxygen atoms in total. The normalized spacial score (nSPS) is 11.6. The fourth-order valence-corrected chi connectivity index (χ4v) is 4.35. The molecular weight excluding hydrogens is 475 g/mol. The summed E-state index contributed by atoms with van der Waals surface area (Å²) in [4.78, 5) is 17.6. The summed E-state index contributed by atoms with van der Waals surface area (Å²) >= 11 is 0. The number of aryl methyl sites for hydroxylation is 1. The summed E-state index contributed by atoms with van der Waals surface area (Å²) in [5.74, 6) is -2.13. The van der Waals surface area contributed by atoms with E-state index in [0.29, 0.717) is 22.5 Å². The third-order valence-corrected chi connectivity index (χ3v) is 6.08. The van der Waals surface area contributed by atoms with Crippen LogP contribution in [0.2, 0.25) is 0 Å². The summed E-state index contributed by atoms with van der Waals surface area (Å²) < 4.78 is 66.0. The monoisotopic (exact) mass is 493 g/mol. The van der Waals surface area contributed by atoms with Crippen LogP contribution in [-0.4, -0.2) is 42.7 Å². The summed E-state index contributed by atoms with van der Waals surface area (Å²) in [5, 5.41) is 8.66. The predicted molar refractivity (Wildman–Crippen MR) is 119 cm³/mol. The number of nitrogens with one attached hydrogen (secondary N) is 1. The molecule has 0 unspecified atom stereocenters. The Morgan fingerprint density at radius 3 is 2.21 bits per heavy atom. The van der Waals surface area contributed by atoms with Crippen molar-refractivity contribution in [3.05, 3.63) is 66.5 Å². The van der Waals surface area contributed by atoms with Gasteiger partial charge in [0.1, 0.15) is 10.6 Å². The average molecular weight is 493 g/mol. The highest BCUT2D eigenvalue weighted by molar-refractivity contribution is 7.93. The molecule has 4 aromatic rings. The molecule has 4 rings (SSSR count). The van der Waals surface area contributed by atoms with Gasteiger partial charge in [-0.2, -0.15) is 13.2 Å². The van der Waals surface area contributed by atoms with Crippen molar-refractivity contribution in [2.24, 2.45) is 0 Å². The van der Waals surface area contributed by atoms with E-state index in [4.69, 9.17) is 14.6 Å². The fourth-order valence-electron chi connectivity index (χ4n) is 3.11. The van der Waals surface area contributed by atoms with Gasteiger partial charge in [-0.3, -0.25) is 14.7 Å². The molecule has 0 saturated carbocycles. The smallest absolute Gasteiger partial charge is 0.490 e. The Morgan fingerprint density at radius 1 is 0.971 bits per heavy atom. The Labute approximate surface area is 192 Å². The van der Waals surface area contributed by atoms with Crippen LogP contribution in [0.5, 0.6) is 5.75 Å². The zero-order chi connectivity index (χ0) is 25.1. The number of methoxy groups -OCH3 is 1. The van der Waals surface area contributed by atoms with Crippen LogP contribution < -0.4 is 9.46 Å². The Bertz CT molecular complexity index is 1470. The number of rotatable bonds is 4. The summed E-state index contributed by atoms with van der Waals surface area (Å²) in [6, 6.07) is 14.0. The Hall–Kier alpha value is -3.93. The lowest BCUT2D eigenvalue weighted by atomic mass is 10.1. The number of benzene rings is 2. The molecule has 0 bridgehead atoms. The van der Waals surface area contributed by atoms with Crippen LogP contribution >= 0.6 is 0 Å². The summed E-state index contributed by atoms with van der Waals surface area (Å²) in [7, 11) is -2.30. The Morgan fingerprint density at radius 2 is 1.56 bits per heavy atom. The largest absolute Gasteiger partial charge is 0.496 e. The van der Waals surface area contributed by atoms with E-state index < -0.39 is 22.2 Å². The number of hydrogen-bond acceptors (Lipinski definition) is 6. The van der Waals surface area contributed by atoms with Crippen molar-refractivity contribution in [1.29, 1.82) is 0 Å². The van der Waals surface area contributed by atoms with Crippen LogP contribution in [-0.2, 0) is 14.8 Å². The maximum atomic E-state index is 13.1. The van der Waals surface area contributed by atoms with Gasteiger partial charge in [-0.25, -0.2) is 13.2 Å². The highest BCUT2D eigenvalue weighted by atomic mass is 32.2. The molecule has 0 aliphatic carbocycles. The highest BCUT2D eigenvalue weighted by Crippen LogP contribution is 2.31. The van der Waals surface area contributed by atoms with Gasteiger partial charge in [0.05, 0.1) is 23.8 Å². The van der Waals surface area contributed by atoms with E-state index in [1.54, 1.807) is 49.8 Å². The van der Waals surface area contributed by atoms with E-state index in [1.165, 1.54) is 0 Å². The van der Waals surface area contributed by atoms with Crippen molar-refractivity contribution in [2.45, 2.75) is 18.0 Å². The molecule has 178 valence electrons. The van der Waals surface area contributed by atoms with Crippen molar-refractivity contribution >= 4 is 43.5 Å². The molecule has 2 aromatic carbocycles. The van der Waals surface area contributed by atoms with Crippen molar-refractivity contribution in [3.8, 4) is 5.75 Å². The summed E-state index contributed by atoms with van der Waals surface area (Å²) in [6.07, 6.45) is -1.89. The van der Waals surface area contributed by atoms with E-state index in [9.17, 15) is 21.6 Å². The zero-order valence-electron chi connectivity index (χ0n) is 17.8. The van der Waals surface area contributed by atoms with Gasteiger partial charge in [0, 0.05) is 23.2 Å². The van der Waals surface area contributed by atoms with E-state index in [1.807, 2.05) is 25.1 Å². The van der Waals surface area contributed by atoms with Crippen LogP contribution in [0.3, 0.4) is 0 Å². The molecule has 0 saturated heterocycles. The molecule has 0 amide bonds. The topological polar surface area (TPSA) is 118 Å². The van der Waals surface area contributed by atoms with Gasteiger partial charge in [0.2, 0.25) is 0 Å². The maximum absolute atomic E-state index is 13.1. The Balaban J connectivity index is 0.000000406. The fraction of sp³-hybridized carbons (Fsp3) is 0.136. The number of halogens is 3. The first-order valence-electron chi connectivity index (χ1n) is 9.54. The first-order chi connectivity index (χ1) is 16.0. The molecule has 0 radical (unpaired) electrons. The van der Waals surface area contributed by atoms with E-state index in [0.717, 1.165) is 16.3 Å². The minimum atomic E-state index is -5.08. The Kier molecular flexibility index (Phi) is 6.91. The molecule has 2 N–H and O–H groups in total. The standard InChI is InChI=1S/C20H17N3O3S.C2HF3O2/c1-13-9-11-22-20-14(13)5-4-8-18(20)27(24,25)23-16-7-3-6-15-17(26-2)10-12-21-19(15)16;3-2(4,5)1(6)7/h3-12,23H,1-2H3;(H,6,7). The van der Waals surface area contributed by atoms with Gasteiger partial charge < -0.3 is 9.84 Å². The number of para-hydroxylation sites is 2. The van der Waals surface area contributed by atoms with Gasteiger partial charge in [-0.1, -0.05) is 18.2 Å². The second-order valence-corrected chi connectivity index (χ2v) is 8.55. The van der Waals surface area contributed by atoms with Crippen LogP contribution in [0.1, 0.15) is 5.56 Å². The number of fused-ring (bicyclic) bond motifs is 2. The number of anilines is 1. The second-order valence-electron chi connectivity index (χ2n) is 6.90.